The normalized spacial score (nSPS) is 17.1. The summed E-state index contributed by atoms with van der Waals surface area (Å²) >= 11 is 6.55. The predicted molar refractivity (Wildman–Crippen MR) is 155 cm³/mol. The molecule has 8 nitrogen and oxygen atoms in total. The van der Waals surface area contributed by atoms with E-state index in [0.29, 0.717) is 23.8 Å². The number of carbonyl (C=O) groups excluding carboxylic acids is 1. The molecule has 1 fully saturated rings. The molecule has 2 aromatic carbocycles. The van der Waals surface area contributed by atoms with Gasteiger partial charge < -0.3 is 20.5 Å². The molecule has 2 aromatic heterocycles. The first-order valence-corrected chi connectivity index (χ1v) is 13.4. The number of fused-ring (bicyclic) bond motifs is 2. The van der Waals surface area contributed by atoms with E-state index < -0.39 is 0 Å². The second-order valence-corrected chi connectivity index (χ2v) is 10.5. The van der Waals surface area contributed by atoms with E-state index >= 15 is 0 Å². The van der Waals surface area contributed by atoms with Crippen LogP contribution in [-0.2, 0) is 13.5 Å². The Bertz CT molecular complexity index is 1540. The fraction of sp³-hybridized carbons (Fsp3) is 0.233. The van der Waals surface area contributed by atoms with Crippen molar-refractivity contribution in [2.24, 2.45) is 7.05 Å². The summed E-state index contributed by atoms with van der Waals surface area (Å²) < 4.78 is 2.05. The summed E-state index contributed by atoms with van der Waals surface area (Å²) in [7, 11) is 2.01. The molecule has 3 heterocycles. The quantitative estimate of drug-likeness (QED) is 0.353. The summed E-state index contributed by atoms with van der Waals surface area (Å²) in [6.07, 6.45) is 8.56. The van der Waals surface area contributed by atoms with E-state index in [9.17, 15) is 4.79 Å². The van der Waals surface area contributed by atoms with Gasteiger partial charge in [-0.1, -0.05) is 23.7 Å². The van der Waals surface area contributed by atoms with Crippen molar-refractivity contribution in [1.29, 1.82) is 0 Å². The summed E-state index contributed by atoms with van der Waals surface area (Å²) in [5.74, 6) is 0. The highest BCUT2D eigenvalue weighted by Crippen LogP contribution is 2.41. The number of benzene rings is 2. The van der Waals surface area contributed by atoms with Crippen LogP contribution in [0.2, 0.25) is 5.02 Å². The molecule has 3 N–H and O–H groups in total. The van der Waals surface area contributed by atoms with Crippen molar-refractivity contribution in [3.8, 4) is 0 Å². The first-order chi connectivity index (χ1) is 19.0. The number of nitrogens with zero attached hydrogens (tertiary/aromatic N) is 5. The van der Waals surface area contributed by atoms with Crippen molar-refractivity contribution in [3.63, 3.8) is 0 Å². The molecule has 1 saturated heterocycles. The van der Waals surface area contributed by atoms with E-state index in [4.69, 9.17) is 22.3 Å². The van der Waals surface area contributed by atoms with Gasteiger partial charge in [0, 0.05) is 74.1 Å². The van der Waals surface area contributed by atoms with Gasteiger partial charge >= 0.3 is 6.03 Å². The SMILES string of the molecule is Cn1cncc1CC1=Cc2cccnc2[C@@H](N2CCN(C(=O)Nc3ccc(N)cc3)CC2)c2ccc(Cl)cc21. The zero-order valence-corrected chi connectivity index (χ0v) is 22.5. The van der Waals surface area contributed by atoms with Crippen LogP contribution in [0.15, 0.2) is 73.3 Å². The standard InChI is InChI=1S/C30H30ClN7O/c1-36-19-33-18-25(36)16-21-15-20-3-2-10-34-28(20)29(26-9-4-22(31)17-27(21)26)37-11-13-38(14-12-37)30(39)35-24-7-5-23(32)6-8-24/h2-10,15,17-19,29H,11-14,16,32H2,1H3,(H,35,39)/t29-/m0/s1. The lowest BCUT2D eigenvalue weighted by atomic mass is 9.92. The number of imidazole rings is 1. The Morgan fingerprint density at radius 2 is 1.90 bits per heavy atom. The third-order valence-corrected chi connectivity index (χ3v) is 7.77. The molecule has 39 heavy (non-hydrogen) atoms. The number of nitrogens with one attached hydrogen (secondary N) is 1. The van der Waals surface area contributed by atoms with Crippen molar-refractivity contribution < 1.29 is 4.79 Å². The first kappa shape index (κ1) is 25.2. The third-order valence-electron chi connectivity index (χ3n) is 7.53. The highest BCUT2D eigenvalue weighted by molar-refractivity contribution is 6.30. The largest absolute Gasteiger partial charge is 0.399 e. The molecule has 1 aliphatic carbocycles. The van der Waals surface area contributed by atoms with Gasteiger partial charge in [0.2, 0.25) is 0 Å². The zero-order chi connectivity index (χ0) is 26.9. The minimum atomic E-state index is -0.105. The van der Waals surface area contributed by atoms with Gasteiger partial charge in [-0.15, -0.1) is 0 Å². The van der Waals surface area contributed by atoms with Crippen LogP contribution in [-0.4, -0.2) is 56.5 Å². The van der Waals surface area contributed by atoms with Crippen molar-refractivity contribution in [1.82, 2.24) is 24.3 Å². The zero-order valence-electron chi connectivity index (χ0n) is 21.7. The second-order valence-electron chi connectivity index (χ2n) is 10.0. The van der Waals surface area contributed by atoms with Gasteiger partial charge in [0.15, 0.2) is 0 Å². The Kier molecular flexibility index (Phi) is 6.81. The Labute approximate surface area is 232 Å². The number of nitrogens with two attached hydrogens (primary N) is 1. The van der Waals surface area contributed by atoms with E-state index in [0.717, 1.165) is 47.7 Å². The molecule has 0 unspecified atom stereocenters. The summed E-state index contributed by atoms with van der Waals surface area (Å²) in [4.78, 5) is 26.4. The number of hydrogen-bond donors (Lipinski definition) is 2. The Balaban J connectivity index is 1.29. The highest BCUT2D eigenvalue weighted by atomic mass is 35.5. The van der Waals surface area contributed by atoms with E-state index in [2.05, 4.69) is 39.5 Å². The molecule has 2 aliphatic rings. The number of piperazine rings is 1. The number of aryl methyl sites for hydroxylation is 1. The minimum Gasteiger partial charge on any atom is -0.399 e. The van der Waals surface area contributed by atoms with Crippen LogP contribution < -0.4 is 11.1 Å². The average molecular weight is 540 g/mol. The molecular formula is C30H30ClN7O. The number of pyridine rings is 1. The maximum absolute atomic E-state index is 13.0. The maximum atomic E-state index is 13.0. The molecule has 198 valence electrons. The summed E-state index contributed by atoms with van der Waals surface area (Å²) in [5, 5.41) is 3.68. The van der Waals surface area contributed by atoms with Gasteiger partial charge in [-0.25, -0.2) is 9.78 Å². The van der Waals surface area contributed by atoms with Crippen LogP contribution >= 0.6 is 11.6 Å². The van der Waals surface area contributed by atoms with Gasteiger partial charge in [-0.05, 0) is 70.8 Å². The van der Waals surface area contributed by atoms with Gasteiger partial charge in [0.25, 0.3) is 0 Å². The molecular weight excluding hydrogens is 510 g/mol. The Hall–Kier alpha value is -4.14. The number of aromatic nitrogens is 3. The third kappa shape index (κ3) is 5.13. The topological polar surface area (TPSA) is 92.3 Å². The second kappa shape index (κ2) is 10.6. The minimum absolute atomic E-state index is 0.0592. The van der Waals surface area contributed by atoms with Gasteiger partial charge in [0.05, 0.1) is 18.1 Å². The van der Waals surface area contributed by atoms with Gasteiger partial charge in [-0.2, -0.15) is 0 Å². The molecule has 2 amide bonds. The van der Waals surface area contributed by atoms with E-state index in [1.807, 2.05) is 59.5 Å². The van der Waals surface area contributed by atoms with E-state index in [1.54, 1.807) is 12.1 Å². The lowest BCUT2D eigenvalue weighted by Gasteiger charge is -2.39. The molecule has 1 aliphatic heterocycles. The average Bonchev–Trinajstić information content (AvgIpc) is 3.29. The molecule has 0 saturated carbocycles. The molecule has 4 aromatic rings. The lowest BCUT2D eigenvalue weighted by molar-refractivity contribution is 0.125. The van der Waals surface area contributed by atoms with Crippen LogP contribution in [0.5, 0.6) is 0 Å². The van der Waals surface area contributed by atoms with Crippen LogP contribution in [0.4, 0.5) is 16.2 Å². The molecule has 9 heteroatoms. The van der Waals surface area contributed by atoms with Gasteiger partial charge in [-0.3, -0.25) is 9.88 Å². The number of halogens is 1. The molecule has 0 spiro atoms. The van der Waals surface area contributed by atoms with Crippen LogP contribution in [0.1, 0.15) is 34.1 Å². The number of carbonyl (C=O) groups is 1. The van der Waals surface area contributed by atoms with E-state index in [1.165, 1.54) is 11.1 Å². The maximum Gasteiger partial charge on any atom is 0.321 e. The number of urea groups is 1. The molecule has 1 atom stereocenters. The first-order valence-electron chi connectivity index (χ1n) is 13.0. The highest BCUT2D eigenvalue weighted by Gasteiger charge is 2.33. The molecule has 0 bridgehead atoms. The molecule has 0 radical (unpaired) electrons. The van der Waals surface area contributed by atoms with Crippen molar-refractivity contribution in [3.05, 3.63) is 106 Å². The summed E-state index contributed by atoms with van der Waals surface area (Å²) in [6, 6.07) is 17.3. The van der Waals surface area contributed by atoms with Crippen LogP contribution in [0.25, 0.3) is 11.6 Å². The fourth-order valence-electron chi connectivity index (χ4n) is 5.46. The van der Waals surface area contributed by atoms with Gasteiger partial charge in [0.1, 0.15) is 0 Å². The van der Waals surface area contributed by atoms with Crippen LogP contribution in [0.3, 0.4) is 0 Å². The number of anilines is 2. The number of allylic oxidation sites excluding steroid dienone is 1. The number of hydrogen-bond acceptors (Lipinski definition) is 5. The smallest absolute Gasteiger partial charge is 0.321 e. The van der Waals surface area contributed by atoms with Crippen LogP contribution in [0, 0.1) is 0 Å². The lowest BCUT2D eigenvalue weighted by Crippen LogP contribution is -2.51. The number of amides is 2. The fourth-order valence-corrected chi connectivity index (χ4v) is 5.63. The monoisotopic (exact) mass is 539 g/mol. The number of rotatable bonds is 4. The summed E-state index contributed by atoms with van der Waals surface area (Å²) in [5.41, 5.74) is 13.9. The van der Waals surface area contributed by atoms with Crippen molar-refractivity contribution >= 4 is 40.7 Å². The summed E-state index contributed by atoms with van der Waals surface area (Å²) in [6.45, 7) is 2.65. The predicted octanol–water partition coefficient (Wildman–Crippen LogP) is 5.09. The molecule has 6 rings (SSSR count). The van der Waals surface area contributed by atoms with Crippen molar-refractivity contribution in [2.75, 3.05) is 37.2 Å². The van der Waals surface area contributed by atoms with Crippen molar-refractivity contribution in [2.45, 2.75) is 12.5 Å². The Morgan fingerprint density at radius 3 is 2.64 bits per heavy atom. The Morgan fingerprint density at radius 1 is 1.10 bits per heavy atom. The van der Waals surface area contributed by atoms with E-state index in [-0.39, 0.29) is 12.1 Å². The number of nitrogen functional groups attached to an aromatic ring is 1.